The molecule has 2 N–H and O–H groups in total. The first kappa shape index (κ1) is 19.2. The molecule has 3 aromatic rings. The molecule has 0 unspecified atom stereocenters. The second-order valence-electron chi connectivity index (χ2n) is 6.48. The van der Waals surface area contributed by atoms with Gasteiger partial charge in [0, 0.05) is 18.0 Å². The Morgan fingerprint density at radius 3 is 2.32 bits per heavy atom. The fourth-order valence-corrected chi connectivity index (χ4v) is 2.95. The monoisotopic (exact) mass is 377 g/mol. The van der Waals surface area contributed by atoms with Gasteiger partial charge in [0.1, 0.15) is 11.5 Å². The zero-order valence-electron chi connectivity index (χ0n) is 16.4. The standard InChI is InChI=1S/C22H23N3O3/c1-14-7-15(2)9-17(8-14)24-18-10-16(12-23-13-18)22(26)25-20-11-19(27-3)5-6-21(20)28-4/h5-13,24H,1-4H3,(H,25,26). The highest BCUT2D eigenvalue weighted by Gasteiger charge is 2.12. The van der Waals surface area contributed by atoms with Gasteiger partial charge in [-0.1, -0.05) is 6.07 Å². The van der Waals surface area contributed by atoms with Crippen LogP contribution in [0, 0.1) is 13.8 Å². The van der Waals surface area contributed by atoms with E-state index in [0.717, 1.165) is 22.5 Å². The molecule has 0 aliphatic carbocycles. The normalized spacial score (nSPS) is 10.3. The molecule has 0 saturated carbocycles. The first-order valence-corrected chi connectivity index (χ1v) is 8.82. The molecule has 0 bridgehead atoms. The number of aryl methyl sites for hydroxylation is 2. The largest absolute Gasteiger partial charge is 0.497 e. The fraction of sp³-hybridized carbons (Fsp3) is 0.182. The zero-order chi connectivity index (χ0) is 20.1. The smallest absolute Gasteiger partial charge is 0.257 e. The molecule has 0 fully saturated rings. The van der Waals surface area contributed by atoms with Crippen LogP contribution in [-0.2, 0) is 0 Å². The molecule has 2 aromatic carbocycles. The first-order valence-electron chi connectivity index (χ1n) is 8.82. The summed E-state index contributed by atoms with van der Waals surface area (Å²) in [7, 11) is 3.12. The summed E-state index contributed by atoms with van der Waals surface area (Å²) < 4.78 is 10.5. The van der Waals surface area contributed by atoms with Crippen LogP contribution in [0.1, 0.15) is 21.5 Å². The maximum atomic E-state index is 12.7. The number of anilines is 3. The lowest BCUT2D eigenvalue weighted by molar-refractivity contribution is 0.102. The van der Waals surface area contributed by atoms with Crippen LogP contribution in [0.4, 0.5) is 17.1 Å². The summed E-state index contributed by atoms with van der Waals surface area (Å²) >= 11 is 0. The van der Waals surface area contributed by atoms with Crippen LogP contribution in [0.25, 0.3) is 0 Å². The second-order valence-corrected chi connectivity index (χ2v) is 6.48. The van der Waals surface area contributed by atoms with E-state index < -0.39 is 0 Å². The highest BCUT2D eigenvalue weighted by atomic mass is 16.5. The van der Waals surface area contributed by atoms with Gasteiger partial charge in [-0.3, -0.25) is 9.78 Å². The molecule has 0 spiro atoms. The number of nitrogens with one attached hydrogen (secondary N) is 2. The minimum atomic E-state index is -0.289. The summed E-state index contributed by atoms with van der Waals surface area (Å²) in [6.45, 7) is 4.09. The Morgan fingerprint density at radius 2 is 1.64 bits per heavy atom. The Bertz CT molecular complexity index is 982. The lowest BCUT2D eigenvalue weighted by atomic mass is 10.1. The van der Waals surface area contributed by atoms with E-state index in [1.165, 1.54) is 6.20 Å². The predicted molar refractivity (Wildman–Crippen MR) is 111 cm³/mol. The van der Waals surface area contributed by atoms with E-state index in [4.69, 9.17) is 9.47 Å². The van der Waals surface area contributed by atoms with Crippen molar-refractivity contribution < 1.29 is 14.3 Å². The van der Waals surface area contributed by atoms with Gasteiger partial charge in [0.2, 0.25) is 0 Å². The third-order valence-electron chi connectivity index (χ3n) is 4.17. The molecule has 1 amide bonds. The lowest BCUT2D eigenvalue weighted by Gasteiger charge is -2.13. The van der Waals surface area contributed by atoms with Crippen molar-refractivity contribution in [3.63, 3.8) is 0 Å². The summed E-state index contributed by atoms with van der Waals surface area (Å²) in [5.74, 6) is 0.884. The molecule has 0 aliphatic rings. The zero-order valence-corrected chi connectivity index (χ0v) is 16.4. The second kappa shape index (κ2) is 8.43. The van der Waals surface area contributed by atoms with Gasteiger partial charge < -0.3 is 20.1 Å². The molecule has 0 saturated heterocycles. The first-order chi connectivity index (χ1) is 13.5. The SMILES string of the molecule is COc1ccc(OC)c(NC(=O)c2cncc(Nc3cc(C)cc(C)c3)c2)c1. The van der Waals surface area contributed by atoms with Gasteiger partial charge in [0.25, 0.3) is 5.91 Å². The Hall–Kier alpha value is -3.54. The topological polar surface area (TPSA) is 72.5 Å². The third kappa shape index (κ3) is 4.59. The van der Waals surface area contributed by atoms with Crippen molar-refractivity contribution >= 4 is 23.0 Å². The van der Waals surface area contributed by atoms with Gasteiger partial charge >= 0.3 is 0 Å². The number of benzene rings is 2. The van der Waals surface area contributed by atoms with Gasteiger partial charge in [0.05, 0.1) is 37.4 Å². The highest BCUT2D eigenvalue weighted by molar-refractivity contribution is 6.05. The van der Waals surface area contributed by atoms with Crippen LogP contribution in [0.3, 0.4) is 0 Å². The number of hydrogen-bond donors (Lipinski definition) is 2. The van der Waals surface area contributed by atoms with E-state index in [9.17, 15) is 4.79 Å². The van der Waals surface area contributed by atoms with Crippen molar-refractivity contribution in [2.45, 2.75) is 13.8 Å². The average molecular weight is 377 g/mol. The fourth-order valence-electron chi connectivity index (χ4n) is 2.95. The molecule has 6 nitrogen and oxygen atoms in total. The van der Waals surface area contributed by atoms with E-state index in [2.05, 4.69) is 21.7 Å². The van der Waals surface area contributed by atoms with E-state index in [1.807, 2.05) is 26.0 Å². The van der Waals surface area contributed by atoms with Crippen LogP contribution in [0.15, 0.2) is 54.9 Å². The van der Waals surface area contributed by atoms with E-state index in [0.29, 0.717) is 22.7 Å². The summed E-state index contributed by atoms with van der Waals surface area (Å²) in [6.07, 6.45) is 3.20. The molecule has 0 atom stereocenters. The summed E-state index contributed by atoms with van der Waals surface area (Å²) in [5.41, 5.74) is 4.96. The molecule has 0 radical (unpaired) electrons. The van der Waals surface area contributed by atoms with Crippen LogP contribution < -0.4 is 20.1 Å². The molecule has 144 valence electrons. The van der Waals surface area contributed by atoms with Crippen molar-refractivity contribution in [2.24, 2.45) is 0 Å². The van der Waals surface area contributed by atoms with Crippen molar-refractivity contribution in [2.75, 3.05) is 24.9 Å². The Labute approximate surface area is 164 Å². The maximum Gasteiger partial charge on any atom is 0.257 e. The van der Waals surface area contributed by atoms with Crippen molar-refractivity contribution in [3.8, 4) is 11.5 Å². The predicted octanol–water partition coefficient (Wildman–Crippen LogP) is 4.71. The van der Waals surface area contributed by atoms with Gasteiger partial charge in [-0.2, -0.15) is 0 Å². The number of carbonyl (C=O) groups is 1. The lowest BCUT2D eigenvalue weighted by Crippen LogP contribution is -2.13. The van der Waals surface area contributed by atoms with Crippen LogP contribution >= 0.6 is 0 Å². The molecular formula is C22H23N3O3. The Kier molecular flexibility index (Phi) is 5.79. The minimum absolute atomic E-state index is 0.289. The van der Waals surface area contributed by atoms with Crippen LogP contribution in [0.2, 0.25) is 0 Å². The molecular weight excluding hydrogens is 354 g/mol. The summed E-state index contributed by atoms with van der Waals surface area (Å²) in [6, 6.07) is 13.2. The van der Waals surface area contributed by atoms with E-state index in [-0.39, 0.29) is 5.91 Å². The van der Waals surface area contributed by atoms with Crippen molar-refractivity contribution in [1.29, 1.82) is 0 Å². The number of nitrogens with zero attached hydrogens (tertiary/aromatic N) is 1. The summed E-state index contributed by atoms with van der Waals surface area (Å²) in [5, 5.41) is 6.15. The number of methoxy groups -OCH3 is 2. The number of carbonyl (C=O) groups excluding carboxylic acids is 1. The quantitative estimate of drug-likeness (QED) is 0.651. The third-order valence-corrected chi connectivity index (χ3v) is 4.17. The van der Waals surface area contributed by atoms with Crippen molar-refractivity contribution in [3.05, 3.63) is 71.5 Å². The Balaban J connectivity index is 1.81. The van der Waals surface area contributed by atoms with Crippen LogP contribution in [-0.4, -0.2) is 25.1 Å². The van der Waals surface area contributed by atoms with Crippen LogP contribution in [0.5, 0.6) is 11.5 Å². The van der Waals surface area contributed by atoms with Crippen molar-refractivity contribution in [1.82, 2.24) is 4.98 Å². The molecule has 0 aliphatic heterocycles. The average Bonchev–Trinajstić information content (AvgIpc) is 2.67. The number of aromatic nitrogens is 1. The highest BCUT2D eigenvalue weighted by Crippen LogP contribution is 2.29. The Morgan fingerprint density at radius 1 is 0.893 bits per heavy atom. The maximum absolute atomic E-state index is 12.7. The molecule has 6 heteroatoms. The van der Waals surface area contributed by atoms with E-state index >= 15 is 0 Å². The van der Waals surface area contributed by atoms with Gasteiger partial charge in [-0.15, -0.1) is 0 Å². The number of pyridine rings is 1. The molecule has 3 rings (SSSR count). The van der Waals surface area contributed by atoms with E-state index in [1.54, 1.807) is 44.7 Å². The summed E-state index contributed by atoms with van der Waals surface area (Å²) in [4.78, 5) is 16.9. The number of ether oxygens (including phenoxy) is 2. The molecule has 1 heterocycles. The van der Waals surface area contributed by atoms with Gasteiger partial charge in [0.15, 0.2) is 0 Å². The number of amides is 1. The van der Waals surface area contributed by atoms with Gasteiger partial charge in [-0.05, 0) is 55.3 Å². The molecule has 28 heavy (non-hydrogen) atoms. The van der Waals surface area contributed by atoms with Gasteiger partial charge in [-0.25, -0.2) is 0 Å². The number of hydrogen-bond acceptors (Lipinski definition) is 5. The minimum Gasteiger partial charge on any atom is -0.497 e. The number of rotatable bonds is 6. The molecule has 1 aromatic heterocycles.